The molecule has 0 spiro atoms. The third-order valence-electron chi connectivity index (χ3n) is 3.07. The van der Waals surface area contributed by atoms with Crippen molar-refractivity contribution < 1.29 is 0 Å². The van der Waals surface area contributed by atoms with Gasteiger partial charge in [-0.25, -0.2) is 0 Å². The molecule has 2 atom stereocenters. The van der Waals surface area contributed by atoms with Crippen LogP contribution in [0.4, 0.5) is 0 Å². The van der Waals surface area contributed by atoms with Gasteiger partial charge in [0.25, 0.3) is 0 Å². The molecule has 84 valence electrons. The van der Waals surface area contributed by atoms with Crippen molar-refractivity contribution in [3.8, 4) is 0 Å². The van der Waals surface area contributed by atoms with Crippen molar-refractivity contribution in [2.24, 2.45) is 5.92 Å². The molecule has 0 nitrogen and oxygen atoms in total. The lowest BCUT2D eigenvalue weighted by atomic mass is 9.95. The van der Waals surface area contributed by atoms with E-state index in [2.05, 4.69) is 34.6 Å². The van der Waals surface area contributed by atoms with Crippen LogP contribution < -0.4 is 0 Å². The monoisotopic (exact) mass is 278 g/mol. The molecule has 0 saturated heterocycles. The van der Waals surface area contributed by atoms with Gasteiger partial charge in [-0.2, -0.15) is 11.8 Å². The van der Waals surface area contributed by atoms with Gasteiger partial charge in [0.1, 0.15) is 0 Å². The van der Waals surface area contributed by atoms with E-state index in [0.717, 1.165) is 10.7 Å². The van der Waals surface area contributed by atoms with Crippen molar-refractivity contribution in [2.45, 2.75) is 56.7 Å². The highest BCUT2D eigenvalue weighted by atomic mass is 79.9. The van der Waals surface area contributed by atoms with Gasteiger partial charge in [0.15, 0.2) is 0 Å². The minimum absolute atomic E-state index is 0.814. The summed E-state index contributed by atoms with van der Waals surface area (Å²) < 4.78 is 0. The second-order valence-corrected chi connectivity index (χ2v) is 7.01. The molecule has 0 N–H and O–H groups in total. The Balaban J connectivity index is 2.09. The molecule has 0 aliphatic heterocycles. The van der Waals surface area contributed by atoms with Crippen LogP contribution in [-0.4, -0.2) is 16.3 Å². The largest absolute Gasteiger partial charge is 0.162 e. The maximum absolute atomic E-state index is 3.80. The van der Waals surface area contributed by atoms with Crippen LogP contribution in [-0.2, 0) is 0 Å². The van der Waals surface area contributed by atoms with Crippen molar-refractivity contribution in [1.29, 1.82) is 0 Å². The van der Waals surface area contributed by atoms with Crippen molar-refractivity contribution in [2.75, 3.05) is 11.5 Å². The van der Waals surface area contributed by atoms with Crippen LogP contribution in [0.2, 0.25) is 0 Å². The van der Waals surface area contributed by atoms with Crippen LogP contribution in [0.3, 0.4) is 0 Å². The van der Waals surface area contributed by atoms with E-state index in [1.54, 1.807) is 0 Å². The van der Waals surface area contributed by atoms with E-state index in [1.165, 1.54) is 56.5 Å². The molecule has 1 aliphatic rings. The molecule has 2 heteroatoms. The Morgan fingerprint density at radius 2 is 2.07 bits per heavy atom. The molecule has 1 rings (SSSR count). The molecule has 2 unspecified atom stereocenters. The standard InChI is InChI=1S/C12H23BrS/c1-2-14-9-5-7-11-6-3-4-8-12(13)10-11/h11-12H,2-10H2,1H3. The Hall–Kier alpha value is 0.830. The minimum Gasteiger partial charge on any atom is -0.162 e. The molecule has 1 fully saturated rings. The fourth-order valence-electron chi connectivity index (χ4n) is 2.28. The first-order valence-corrected chi connectivity index (χ1v) is 8.11. The summed E-state index contributed by atoms with van der Waals surface area (Å²) in [7, 11) is 0. The lowest BCUT2D eigenvalue weighted by Crippen LogP contribution is -2.05. The average Bonchev–Trinajstić information content (AvgIpc) is 2.38. The molecule has 1 aliphatic carbocycles. The SMILES string of the molecule is CCSCCCC1CCCCC(Br)C1. The van der Waals surface area contributed by atoms with Crippen LogP contribution in [0.1, 0.15) is 51.9 Å². The van der Waals surface area contributed by atoms with Gasteiger partial charge < -0.3 is 0 Å². The lowest BCUT2D eigenvalue weighted by Gasteiger charge is -2.15. The summed E-state index contributed by atoms with van der Waals surface area (Å²) in [6, 6.07) is 0. The predicted octanol–water partition coefficient (Wildman–Crippen LogP) is 4.86. The van der Waals surface area contributed by atoms with Crippen LogP contribution in [0.25, 0.3) is 0 Å². The number of thioether (sulfide) groups is 1. The quantitative estimate of drug-likeness (QED) is 0.393. The molecular weight excluding hydrogens is 256 g/mol. The fraction of sp³-hybridized carbons (Fsp3) is 1.00. The van der Waals surface area contributed by atoms with Gasteiger partial charge in [0.2, 0.25) is 0 Å². The first kappa shape index (κ1) is 12.9. The van der Waals surface area contributed by atoms with Crippen molar-refractivity contribution in [3.05, 3.63) is 0 Å². The van der Waals surface area contributed by atoms with Crippen LogP contribution >= 0.6 is 27.7 Å². The van der Waals surface area contributed by atoms with E-state index in [0.29, 0.717) is 0 Å². The lowest BCUT2D eigenvalue weighted by molar-refractivity contribution is 0.430. The Kier molecular flexibility index (Phi) is 7.40. The summed E-state index contributed by atoms with van der Waals surface area (Å²) in [4.78, 5) is 0.814. The Labute approximate surface area is 102 Å². The first-order chi connectivity index (χ1) is 6.83. The van der Waals surface area contributed by atoms with E-state index in [1.807, 2.05) is 0 Å². The van der Waals surface area contributed by atoms with Crippen molar-refractivity contribution in [3.63, 3.8) is 0 Å². The molecule has 0 aromatic rings. The molecule has 0 bridgehead atoms. The smallest absolute Gasteiger partial charge is 0.0148 e. The van der Waals surface area contributed by atoms with Gasteiger partial charge in [0, 0.05) is 4.83 Å². The van der Waals surface area contributed by atoms with Gasteiger partial charge >= 0.3 is 0 Å². The van der Waals surface area contributed by atoms with E-state index >= 15 is 0 Å². The summed E-state index contributed by atoms with van der Waals surface area (Å²) >= 11 is 5.89. The minimum atomic E-state index is 0.814. The third kappa shape index (κ3) is 5.65. The zero-order valence-corrected chi connectivity index (χ0v) is 11.7. The van der Waals surface area contributed by atoms with Crippen molar-refractivity contribution in [1.82, 2.24) is 0 Å². The van der Waals surface area contributed by atoms with Gasteiger partial charge in [-0.05, 0) is 43.1 Å². The topological polar surface area (TPSA) is 0 Å². The van der Waals surface area contributed by atoms with Crippen LogP contribution in [0.5, 0.6) is 0 Å². The molecule has 0 heterocycles. The maximum atomic E-state index is 3.80. The van der Waals surface area contributed by atoms with Gasteiger partial charge in [-0.1, -0.05) is 42.1 Å². The maximum Gasteiger partial charge on any atom is 0.0148 e. The summed E-state index contributed by atoms with van der Waals surface area (Å²) in [6.07, 6.45) is 10.1. The summed E-state index contributed by atoms with van der Waals surface area (Å²) in [5.41, 5.74) is 0. The highest BCUT2D eigenvalue weighted by Gasteiger charge is 2.17. The Morgan fingerprint density at radius 3 is 2.86 bits per heavy atom. The van der Waals surface area contributed by atoms with E-state index in [9.17, 15) is 0 Å². The zero-order chi connectivity index (χ0) is 10.2. The second-order valence-electron chi connectivity index (χ2n) is 4.32. The van der Waals surface area contributed by atoms with E-state index in [-0.39, 0.29) is 0 Å². The second kappa shape index (κ2) is 8.04. The molecule has 0 aromatic carbocycles. The zero-order valence-electron chi connectivity index (χ0n) is 9.30. The Morgan fingerprint density at radius 1 is 1.29 bits per heavy atom. The normalized spacial score (nSPS) is 28.7. The molecule has 0 radical (unpaired) electrons. The number of rotatable bonds is 5. The van der Waals surface area contributed by atoms with E-state index in [4.69, 9.17) is 0 Å². The van der Waals surface area contributed by atoms with Crippen LogP contribution in [0, 0.1) is 5.92 Å². The molecule has 14 heavy (non-hydrogen) atoms. The van der Waals surface area contributed by atoms with E-state index < -0.39 is 0 Å². The average molecular weight is 279 g/mol. The summed E-state index contributed by atoms with van der Waals surface area (Å²) in [5.74, 6) is 3.67. The third-order valence-corrected chi connectivity index (χ3v) is 4.89. The molecule has 1 saturated carbocycles. The van der Waals surface area contributed by atoms with Crippen molar-refractivity contribution >= 4 is 27.7 Å². The Bertz CT molecular complexity index is 138. The van der Waals surface area contributed by atoms with Gasteiger partial charge in [-0.3, -0.25) is 0 Å². The predicted molar refractivity (Wildman–Crippen MR) is 71.5 cm³/mol. The molecular formula is C12H23BrS. The number of alkyl halides is 1. The first-order valence-electron chi connectivity index (χ1n) is 6.04. The fourth-order valence-corrected chi connectivity index (χ4v) is 3.79. The van der Waals surface area contributed by atoms with Gasteiger partial charge in [-0.15, -0.1) is 0 Å². The molecule has 0 aromatic heterocycles. The summed E-state index contributed by atoms with van der Waals surface area (Å²) in [6.45, 7) is 2.25. The summed E-state index contributed by atoms with van der Waals surface area (Å²) in [5, 5.41) is 0. The number of halogens is 1. The highest BCUT2D eigenvalue weighted by Crippen LogP contribution is 2.30. The number of hydrogen-bond donors (Lipinski definition) is 0. The van der Waals surface area contributed by atoms with Gasteiger partial charge in [0.05, 0.1) is 0 Å². The number of hydrogen-bond acceptors (Lipinski definition) is 1. The molecule has 0 amide bonds. The highest BCUT2D eigenvalue weighted by molar-refractivity contribution is 9.09. The van der Waals surface area contributed by atoms with Crippen LogP contribution in [0.15, 0.2) is 0 Å².